The molecule has 5 rings (SSSR count). The molecule has 5 aliphatic rings. The SMILES string of the molecule is COC1CC(C2[OH+]C3CC(O)CC(O[C@@H]4O[C@H](CO)[C@@H](O)[C@H](O)[C@H]4OS(=O)(=O)O)C3CC2O[C@@H]2O[C@H](CO)[C@@H](O)[C@H](O)[C@H]2O)CC(OC)C1O. The Morgan fingerprint density at radius 3 is 1.78 bits per heavy atom. The second kappa shape index (κ2) is 16.7. The van der Waals surface area contributed by atoms with Gasteiger partial charge in [-0.25, -0.2) is 4.18 Å². The van der Waals surface area contributed by atoms with E-state index in [4.69, 9.17) is 33.2 Å². The molecule has 21 heteroatoms. The Labute approximate surface area is 288 Å². The third kappa shape index (κ3) is 8.62. The molecule has 18 atom stereocenters. The highest BCUT2D eigenvalue weighted by Crippen LogP contribution is 2.44. The Bertz CT molecular complexity index is 1180. The van der Waals surface area contributed by atoms with Crippen molar-refractivity contribution in [2.45, 2.75) is 142 Å². The molecule has 0 aromatic heterocycles. The maximum Gasteiger partial charge on any atom is 0.397 e. The van der Waals surface area contributed by atoms with Crippen LogP contribution >= 0.6 is 0 Å². The van der Waals surface area contributed by atoms with Gasteiger partial charge in [0.2, 0.25) is 0 Å². The molecule has 0 spiro atoms. The van der Waals surface area contributed by atoms with E-state index in [-0.39, 0.29) is 25.2 Å². The van der Waals surface area contributed by atoms with Crippen molar-refractivity contribution in [2.75, 3.05) is 27.4 Å². The van der Waals surface area contributed by atoms with Crippen molar-refractivity contribution in [3.63, 3.8) is 0 Å². The first-order valence-corrected chi connectivity index (χ1v) is 18.0. The quantitative estimate of drug-likeness (QED) is 0.0695. The fourth-order valence-corrected chi connectivity index (χ4v) is 8.54. The zero-order valence-corrected chi connectivity index (χ0v) is 28.3. The van der Waals surface area contributed by atoms with Crippen LogP contribution in [0.2, 0.25) is 0 Å². The fourth-order valence-electron chi connectivity index (χ4n) is 8.06. The fraction of sp³-hybridized carbons (Fsp3) is 1.00. The third-order valence-electron chi connectivity index (χ3n) is 10.7. The molecule has 0 aromatic rings. The minimum Gasteiger partial charge on any atom is -0.427 e. The van der Waals surface area contributed by atoms with E-state index >= 15 is 0 Å². The molecule has 0 amide bonds. The van der Waals surface area contributed by atoms with Gasteiger partial charge >= 0.3 is 10.4 Å². The van der Waals surface area contributed by atoms with Gasteiger partial charge in [-0.05, 0) is 19.3 Å². The summed E-state index contributed by atoms with van der Waals surface area (Å²) >= 11 is 0. The highest BCUT2D eigenvalue weighted by atomic mass is 32.3. The van der Waals surface area contributed by atoms with Crippen molar-refractivity contribution in [3.8, 4) is 0 Å². The lowest BCUT2D eigenvalue weighted by Crippen LogP contribution is -2.64. The molecule has 2 saturated carbocycles. The number of aliphatic hydroxyl groups excluding tert-OH is 9. The van der Waals surface area contributed by atoms with Crippen molar-refractivity contribution in [1.82, 2.24) is 0 Å². The Hall–Kier alpha value is -0.770. The molecule has 3 saturated heterocycles. The van der Waals surface area contributed by atoms with E-state index < -0.39 is 140 Å². The zero-order valence-electron chi connectivity index (χ0n) is 27.5. The van der Waals surface area contributed by atoms with Gasteiger partial charge in [-0.1, -0.05) is 0 Å². The molecule has 2 aliphatic carbocycles. The number of fused-ring (bicyclic) bond motifs is 1. The number of hydrogen-bond donors (Lipinski definition) is 10. The van der Waals surface area contributed by atoms with Gasteiger partial charge in [-0.2, -0.15) is 8.42 Å². The first-order valence-electron chi connectivity index (χ1n) is 16.6. The van der Waals surface area contributed by atoms with Crippen LogP contribution in [0.1, 0.15) is 32.1 Å². The summed E-state index contributed by atoms with van der Waals surface area (Å²) in [6.07, 6.45) is -22.6. The van der Waals surface area contributed by atoms with Crippen LogP contribution in [-0.2, 0) is 43.0 Å². The van der Waals surface area contributed by atoms with Crippen LogP contribution in [0.5, 0.6) is 0 Å². The van der Waals surface area contributed by atoms with Crippen LogP contribution in [0.25, 0.3) is 0 Å². The molecule has 3 aliphatic heterocycles. The van der Waals surface area contributed by atoms with E-state index in [2.05, 4.69) is 4.18 Å². The molecule has 292 valence electrons. The molecule has 8 unspecified atom stereocenters. The molecule has 5 fully saturated rings. The number of methoxy groups -OCH3 is 2. The van der Waals surface area contributed by atoms with E-state index in [1.165, 1.54) is 14.2 Å². The molecular weight excluding hydrogens is 700 g/mol. The summed E-state index contributed by atoms with van der Waals surface area (Å²) in [5.74, 6) is -0.972. The monoisotopic (exact) mass is 751 g/mol. The summed E-state index contributed by atoms with van der Waals surface area (Å²) < 4.78 is 77.1. The normalized spacial score (nSPS) is 50.5. The van der Waals surface area contributed by atoms with Crippen molar-refractivity contribution in [3.05, 3.63) is 0 Å². The molecule has 50 heavy (non-hydrogen) atoms. The summed E-state index contributed by atoms with van der Waals surface area (Å²) in [4.78, 5) is 0. The maximum atomic E-state index is 11.7. The number of ether oxygens (including phenoxy) is 7. The van der Waals surface area contributed by atoms with Gasteiger partial charge in [0.15, 0.2) is 30.9 Å². The highest BCUT2D eigenvalue weighted by Gasteiger charge is 2.58. The lowest BCUT2D eigenvalue weighted by molar-refractivity contribution is -0.367. The van der Waals surface area contributed by atoms with Gasteiger partial charge in [0.25, 0.3) is 0 Å². The molecule has 0 radical (unpaired) electrons. The van der Waals surface area contributed by atoms with Crippen molar-refractivity contribution >= 4 is 10.4 Å². The number of aliphatic hydroxyl groups is 11. The Morgan fingerprint density at radius 1 is 0.660 bits per heavy atom. The Balaban J connectivity index is 1.45. The summed E-state index contributed by atoms with van der Waals surface area (Å²) in [6, 6.07) is 0. The lowest BCUT2D eigenvalue weighted by atomic mass is 9.72. The minimum atomic E-state index is -5.21. The van der Waals surface area contributed by atoms with E-state index in [0.717, 1.165) is 0 Å². The van der Waals surface area contributed by atoms with Gasteiger partial charge in [-0.3, -0.25) is 4.55 Å². The van der Waals surface area contributed by atoms with Crippen molar-refractivity contribution in [1.29, 1.82) is 0 Å². The topological polar surface area (TPSA) is 314 Å². The van der Waals surface area contributed by atoms with Crippen LogP contribution < -0.4 is 0 Å². The third-order valence-corrected chi connectivity index (χ3v) is 11.1. The highest BCUT2D eigenvalue weighted by molar-refractivity contribution is 7.80. The van der Waals surface area contributed by atoms with Gasteiger partial charge < -0.3 is 79.1 Å². The largest absolute Gasteiger partial charge is 0.427 e. The smallest absolute Gasteiger partial charge is 0.397 e. The Kier molecular flexibility index (Phi) is 13.5. The van der Waals surface area contributed by atoms with E-state index in [1.54, 1.807) is 0 Å². The van der Waals surface area contributed by atoms with Gasteiger partial charge in [0.1, 0.15) is 54.9 Å². The van der Waals surface area contributed by atoms with E-state index in [0.29, 0.717) is 12.8 Å². The molecule has 0 bridgehead atoms. The van der Waals surface area contributed by atoms with Gasteiger partial charge in [0.05, 0.1) is 43.5 Å². The molecule has 0 aromatic carbocycles. The van der Waals surface area contributed by atoms with Crippen LogP contribution in [-0.4, -0.2) is 201 Å². The van der Waals surface area contributed by atoms with Crippen LogP contribution in [0.4, 0.5) is 0 Å². The Morgan fingerprint density at radius 2 is 1.22 bits per heavy atom. The van der Waals surface area contributed by atoms with Crippen LogP contribution in [0, 0.1) is 11.8 Å². The number of hydrogen-bond acceptors (Lipinski definition) is 18. The minimum absolute atomic E-state index is 0.0534. The van der Waals surface area contributed by atoms with Crippen molar-refractivity contribution < 1.29 is 96.3 Å². The van der Waals surface area contributed by atoms with Crippen LogP contribution in [0.15, 0.2) is 0 Å². The summed E-state index contributed by atoms with van der Waals surface area (Å²) in [7, 11) is -2.32. The lowest BCUT2D eigenvalue weighted by Gasteiger charge is -2.50. The van der Waals surface area contributed by atoms with Crippen molar-refractivity contribution in [2.24, 2.45) is 11.8 Å². The number of rotatable bonds is 11. The van der Waals surface area contributed by atoms with Gasteiger partial charge in [-0.15, -0.1) is 0 Å². The molecule has 20 nitrogen and oxygen atoms in total. The summed E-state index contributed by atoms with van der Waals surface area (Å²) in [5.41, 5.74) is 0. The zero-order chi connectivity index (χ0) is 36.7. The first kappa shape index (κ1) is 40.4. The van der Waals surface area contributed by atoms with E-state index in [1.807, 2.05) is 0 Å². The first-order chi connectivity index (χ1) is 23.6. The average Bonchev–Trinajstić information content (AvgIpc) is 3.07. The van der Waals surface area contributed by atoms with Crippen LogP contribution in [0.3, 0.4) is 0 Å². The van der Waals surface area contributed by atoms with Gasteiger partial charge in [0, 0.05) is 33.0 Å². The predicted octanol–water partition coefficient (Wildman–Crippen LogP) is -5.58. The maximum absolute atomic E-state index is 11.7. The predicted molar refractivity (Wildman–Crippen MR) is 161 cm³/mol. The molecular formula is C29H51O20S+. The van der Waals surface area contributed by atoms with E-state index in [9.17, 15) is 58.9 Å². The molecule has 3 heterocycles. The standard InChI is InChI=1S/C29H50O20S/c1-42-15-3-10(4-16(43-2)20(15)33)26-17(46-28-25(38)23(36)21(34)18(8-30)47-28)7-12-13(44-26)5-11(32)6-14(12)45-29-27(49-50(39,40)41)24(37)22(35)19(9-31)48-29/h10-38H,3-9H2,1-2H3,(H,39,40,41)/p+1/t10?,11?,12?,13?,14?,15?,16?,17?,18-,19-,20?,21-,22-,23+,24+,25-,26?,27-,28-,29-/m1/s1. The molecule has 11 N–H and O–H groups in total. The average molecular weight is 752 g/mol. The summed E-state index contributed by atoms with van der Waals surface area (Å²) in [5, 5.41) is 93.8. The second-order valence-electron chi connectivity index (χ2n) is 13.7. The summed E-state index contributed by atoms with van der Waals surface area (Å²) in [6.45, 7) is -1.50. The second-order valence-corrected chi connectivity index (χ2v) is 14.8.